The van der Waals surface area contributed by atoms with Gasteiger partial charge in [-0.15, -0.1) is 10.2 Å². The number of aromatic nitrogens is 2. The third kappa shape index (κ3) is 6.97. The molecule has 182 valence electrons. The summed E-state index contributed by atoms with van der Waals surface area (Å²) in [5, 5.41) is 8.11. The lowest BCUT2D eigenvalue weighted by Gasteiger charge is -2.17. The molecule has 0 amide bonds. The Morgan fingerprint density at radius 3 is 1.29 bits per heavy atom. The Labute approximate surface area is 199 Å². The highest BCUT2D eigenvalue weighted by Crippen LogP contribution is 2.29. The first-order chi connectivity index (χ1) is 16.6. The predicted molar refractivity (Wildman–Crippen MR) is 118 cm³/mol. The summed E-state index contributed by atoms with van der Waals surface area (Å²) in [7, 11) is 0. The maximum absolute atomic E-state index is 11.4. The highest BCUT2D eigenvalue weighted by molar-refractivity contribution is 5.69. The van der Waals surface area contributed by atoms with Gasteiger partial charge < -0.3 is 23.4 Å². The summed E-state index contributed by atoms with van der Waals surface area (Å²) in [6, 6.07) is 13.1. The molecule has 2 aromatic carbocycles. The van der Waals surface area contributed by atoms with E-state index in [4.69, 9.17) is 23.4 Å². The molecule has 11 heteroatoms. The number of benzene rings is 2. The van der Waals surface area contributed by atoms with E-state index in [2.05, 4.69) is 10.2 Å². The normalized spacial score (nSPS) is 10.7. The first kappa shape index (κ1) is 25.1. The van der Waals surface area contributed by atoms with Crippen LogP contribution in [0.2, 0.25) is 0 Å². The molecule has 0 saturated carbocycles. The third-order valence-electron chi connectivity index (χ3n) is 4.33. The Morgan fingerprint density at radius 1 is 0.629 bits per heavy atom. The van der Waals surface area contributed by atoms with Crippen LogP contribution in [-0.2, 0) is 38.1 Å². The second-order valence-corrected chi connectivity index (χ2v) is 7.26. The summed E-state index contributed by atoms with van der Waals surface area (Å²) in [5.41, 5.74) is 1.75. The van der Waals surface area contributed by atoms with Crippen molar-refractivity contribution in [2.24, 2.45) is 0 Å². The maximum Gasteiger partial charge on any atom is 0.305 e. The van der Waals surface area contributed by atoms with E-state index in [0.717, 1.165) is 0 Å². The van der Waals surface area contributed by atoms with Gasteiger partial charge in [-0.1, -0.05) is 24.3 Å². The van der Waals surface area contributed by atoms with Crippen molar-refractivity contribution in [3.63, 3.8) is 0 Å². The smallest absolute Gasteiger partial charge is 0.305 e. The van der Waals surface area contributed by atoms with Gasteiger partial charge in [-0.2, -0.15) is 0 Å². The molecule has 0 radical (unpaired) electrons. The van der Waals surface area contributed by atoms with Crippen LogP contribution in [0.15, 0.2) is 52.9 Å². The molecule has 3 aromatic rings. The summed E-state index contributed by atoms with van der Waals surface area (Å²) in [6.45, 7) is 4.80. The van der Waals surface area contributed by atoms with Crippen LogP contribution < -0.4 is 0 Å². The van der Waals surface area contributed by atoms with Crippen molar-refractivity contribution in [3.8, 4) is 22.9 Å². The van der Waals surface area contributed by atoms with E-state index in [9.17, 15) is 19.2 Å². The van der Waals surface area contributed by atoms with Gasteiger partial charge in [-0.3, -0.25) is 19.2 Å². The summed E-state index contributed by atoms with van der Waals surface area (Å²) >= 11 is 0. The van der Waals surface area contributed by atoms with Gasteiger partial charge in [0.25, 0.3) is 12.6 Å². The summed E-state index contributed by atoms with van der Waals surface area (Å²) < 4.78 is 26.1. The molecule has 0 atom stereocenters. The molecule has 0 aliphatic heterocycles. The number of rotatable bonds is 8. The van der Waals surface area contributed by atoms with E-state index >= 15 is 0 Å². The van der Waals surface area contributed by atoms with Crippen LogP contribution in [0, 0.1) is 0 Å². The molecule has 0 spiro atoms. The Morgan fingerprint density at radius 2 is 0.971 bits per heavy atom. The average Bonchev–Trinajstić information content (AvgIpc) is 3.28. The zero-order chi connectivity index (χ0) is 25.5. The van der Waals surface area contributed by atoms with Gasteiger partial charge >= 0.3 is 23.9 Å². The van der Waals surface area contributed by atoms with E-state index in [1.54, 1.807) is 48.5 Å². The highest BCUT2D eigenvalue weighted by Gasteiger charge is 2.22. The number of esters is 4. The molecule has 0 aliphatic rings. The van der Waals surface area contributed by atoms with Gasteiger partial charge in [-0.25, -0.2) is 0 Å². The standard InChI is InChI=1S/C24H22N2O9/c1-13(27)31-23(32-14(2)28)19-9-5-7-17(11-19)21-25-26-22(35-21)18-8-6-10-20(12-18)24(33-15(3)29)34-16(4)30/h5-12,23-24H,1-4H3. The molecule has 11 nitrogen and oxygen atoms in total. The quantitative estimate of drug-likeness (QED) is 0.343. The van der Waals surface area contributed by atoms with E-state index in [1.807, 2.05) is 0 Å². The lowest BCUT2D eigenvalue weighted by molar-refractivity contribution is -0.188. The molecule has 3 rings (SSSR count). The first-order valence-electron chi connectivity index (χ1n) is 10.4. The fraction of sp³-hybridized carbons (Fsp3) is 0.250. The molecule has 1 heterocycles. The van der Waals surface area contributed by atoms with Gasteiger partial charge in [0.05, 0.1) is 0 Å². The number of hydrogen-bond donors (Lipinski definition) is 0. The molecule has 0 fully saturated rings. The Balaban J connectivity index is 1.90. The summed E-state index contributed by atoms with van der Waals surface area (Å²) in [4.78, 5) is 45.6. The number of ether oxygens (including phenoxy) is 4. The topological polar surface area (TPSA) is 144 Å². The van der Waals surface area contributed by atoms with E-state index < -0.39 is 36.5 Å². The predicted octanol–water partition coefficient (Wildman–Crippen LogP) is 3.65. The Bertz CT molecular complexity index is 1130. The number of carbonyl (C=O) groups is 4. The molecular formula is C24H22N2O9. The van der Waals surface area contributed by atoms with Crippen molar-refractivity contribution in [1.29, 1.82) is 0 Å². The Hall–Kier alpha value is -4.54. The minimum Gasteiger partial charge on any atom is -0.421 e. The van der Waals surface area contributed by atoms with Crippen LogP contribution >= 0.6 is 0 Å². The van der Waals surface area contributed by atoms with E-state index in [0.29, 0.717) is 22.3 Å². The van der Waals surface area contributed by atoms with Crippen molar-refractivity contribution in [2.75, 3.05) is 0 Å². The van der Waals surface area contributed by atoms with Gasteiger partial charge in [0.2, 0.25) is 11.8 Å². The molecule has 0 unspecified atom stereocenters. The van der Waals surface area contributed by atoms with Crippen LogP contribution in [0.1, 0.15) is 51.4 Å². The molecule has 35 heavy (non-hydrogen) atoms. The summed E-state index contributed by atoms with van der Waals surface area (Å²) in [5.74, 6) is -2.20. The minimum absolute atomic E-state index is 0.146. The van der Waals surface area contributed by atoms with Crippen molar-refractivity contribution in [1.82, 2.24) is 10.2 Å². The molecule has 1 aromatic heterocycles. The van der Waals surface area contributed by atoms with Gasteiger partial charge in [-0.05, 0) is 24.3 Å². The van der Waals surface area contributed by atoms with Crippen LogP contribution in [0.5, 0.6) is 0 Å². The number of hydrogen-bond acceptors (Lipinski definition) is 11. The molecule has 0 saturated heterocycles. The van der Waals surface area contributed by atoms with E-state index in [-0.39, 0.29) is 11.8 Å². The maximum atomic E-state index is 11.4. The van der Waals surface area contributed by atoms with Crippen molar-refractivity contribution in [3.05, 3.63) is 59.7 Å². The van der Waals surface area contributed by atoms with Crippen LogP contribution in [0.25, 0.3) is 22.9 Å². The van der Waals surface area contributed by atoms with Gasteiger partial charge in [0, 0.05) is 49.9 Å². The molecular weight excluding hydrogens is 460 g/mol. The van der Waals surface area contributed by atoms with Gasteiger partial charge in [0.1, 0.15) is 0 Å². The molecule has 0 aliphatic carbocycles. The van der Waals surface area contributed by atoms with Crippen LogP contribution in [-0.4, -0.2) is 34.1 Å². The average molecular weight is 482 g/mol. The number of carbonyl (C=O) groups excluding carboxylic acids is 4. The largest absolute Gasteiger partial charge is 0.421 e. The fourth-order valence-electron chi connectivity index (χ4n) is 3.02. The van der Waals surface area contributed by atoms with Crippen LogP contribution in [0.4, 0.5) is 0 Å². The monoisotopic (exact) mass is 482 g/mol. The van der Waals surface area contributed by atoms with Crippen molar-refractivity contribution >= 4 is 23.9 Å². The lowest BCUT2D eigenvalue weighted by Crippen LogP contribution is -2.15. The number of nitrogens with zero attached hydrogens (tertiary/aromatic N) is 2. The van der Waals surface area contributed by atoms with Crippen LogP contribution in [0.3, 0.4) is 0 Å². The zero-order valence-electron chi connectivity index (χ0n) is 19.3. The molecule has 0 N–H and O–H groups in total. The SMILES string of the molecule is CC(=O)OC(OC(C)=O)c1cccc(-c2nnc(-c3cccc(C(OC(C)=O)OC(C)=O)c3)o2)c1. The lowest BCUT2D eigenvalue weighted by atomic mass is 10.1. The zero-order valence-corrected chi connectivity index (χ0v) is 19.3. The first-order valence-corrected chi connectivity index (χ1v) is 10.4. The van der Waals surface area contributed by atoms with Crippen molar-refractivity contribution in [2.45, 2.75) is 40.3 Å². The second kappa shape index (κ2) is 11.1. The Kier molecular flexibility index (Phi) is 7.92. The summed E-state index contributed by atoms with van der Waals surface area (Å²) in [6.07, 6.45) is -2.47. The van der Waals surface area contributed by atoms with Crippen molar-refractivity contribution < 1.29 is 42.5 Å². The third-order valence-corrected chi connectivity index (χ3v) is 4.33. The second-order valence-electron chi connectivity index (χ2n) is 7.26. The minimum atomic E-state index is -1.23. The molecule has 0 bridgehead atoms. The fourth-order valence-corrected chi connectivity index (χ4v) is 3.02. The van der Waals surface area contributed by atoms with Gasteiger partial charge in [0.15, 0.2) is 0 Å². The van der Waals surface area contributed by atoms with E-state index in [1.165, 1.54) is 27.7 Å². The highest BCUT2D eigenvalue weighted by atomic mass is 16.7.